The Morgan fingerprint density at radius 1 is 1.36 bits per heavy atom. The number of halogens is 1. The Labute approximate surface area is 138 Å². The van der Waals surface area contributed by atoms with E-state index < -0.39 is 0 Å². The van der Waals surface area contributed by atoms with E-state index in [0.717, 1.165) is 25.2 Å². The maximum atomic E-state index is 6.28. The molecule has 124 valence electrons. The molecule has 0 unspecified atom stereocenters. The van der Waals surface area contributed by atoms with Gasteiger partial charge in [0, 0.05) is 19.1 Å². The number of ether oxygens (including phenoxy) is 2. The van der Waals surface area contributed by atoms with Crippen molar-refractivity contribution in [2.75, 3.05) is 33.4 Å². The van der Waals surface area contributed by atoms with Crippen LogP contribution in [0.5, 0.6) is 11.5 Å². The van der Waals surface area contributed by atoms with Crippen LogP contribution in [0.2, 0.25) is 5.02 Å². The highest BCUT2D eigenvalue weighted by atomic mass is 35.5. The molecule has 1 aliphatic heterocycles. The van der Waals surface area contributed by atoms with E-state index in [1.165, 1.54) is 19.4 Å². The fraction of sp³-hybridized carbons (Fsp3) is 0.647. The summed E-state index contributed by atoms with van der Waals surface area (Å²) in [7, 11) is 1.61. The van der Waals surface area contributed by atoms with Crippen LogP contribution in [0.4, 0.5) is 0 Å². The molecule has 0 amide bonds. The van der Waals surface area contributed by atoms with Crippen molar-refractivity contribution in [3.63, 3.8) is 0 Å². The van der Waals surface area contributed by atoms with Crippen LogP contribution in [0.25, 0.3) is 0 Å². The molecule has 4 nitrogen and oxygen atoms in total. The van der Waals surface area contributed by atoms with E-state index in [1.54, 1.807) is 7.11 Å². The average Bonchev–Trinajstić information content (AvgIpc) is 2.95. The SMILES string of the molecule is CCOc1cc(CNC[C@@H]2CCCN2CC)cc(Cl)c1OC. The lowest BCUT2D eigenvalue weighted by Crippen LogP contribution is -2.37. The van der Waals surface area contributed by atoms with Gasteiger partial charge in [0.2, 0.25) is 0 Å². The highest BCUT2D eigenvalue weighted by Crippen LogP contribution is 2.36. The molecule has 22 heavy (non-hydrogen) atoms. The van der Waals surface area contributed by atoms with Gasteiger partial charge in [-0.25, -0.2) is 0 Å². The highest BCUT2D eigenvalue weighted by Gasteiger charge is 2.22. The van der Waals surface area contributed by atoms with Crippen molar-refractivity contribution in [2.24, 2.45) is 0 Å². The van der Waals surface area contributed by atoms with Crippen LogP contribution in [0, 0.1) is 0 Å². The van der Waals surface area contributed by atoms with Crippen molar-refractivity contribution < 1.29 is 9.47 Å². The minimum atomic E-state index is 0.594. The van der Waals surface area contributed by atoms with Crippen LogP contribution >= 0.6 is 11.6 Å². The van der Waals surface area contributed by atoms with E-state index >= 15 is 0 Å². The molecule has 1 heterocycles. The Bertz CT molecular complexity index is 482. The van der Waals surface area contributed by atoms with Gasteiger partial charge in [-0.05, 0) is 50.6 Å². The minimum Gasteiger partial charge on any atom is -0.491 e. The summed E-state index contributed by atoms with van der Waals surface area (Å²) in [6.07, 6.45) is 2.59. The van der Waals surface area contributed by atoms with Gasteiger partial charge >= 0.3 is 0 Å². The molecule has 0 aromatic heterocycles. The maximum Gasteiger partial charge on any atom is 0.179 e. The van der Waals surface area contributed by atoms with Gasteiger partial charge in [-0.3, -0.25) is 4.90 Å². The maximum absolute atomic E-state index is 6.28. The van der Waals surface area contributed by atoms with Crippen molar-refractivity contribution in [2.45, 2.75) is 39.3 Å². The zero-order valence-corrected chi connectivity index (χ0v) is 14.6. The first kappa shape index (κ1) is 17.4. The summed E-state index contributed by atoms with van der Waals surface area (Å²) < 4.78 is 10.9. The molecule has 1 fully saturated rings. The molecule has 0 spiro atoms. The van der Waals surface area contributed by atoms with Gasteiger partial charge in [0.1, 0.15) is 0 Å². The van der Waals surface area contributed by atoms with E-state index in [0.29, 0.717) is 29.2 Å². The molecule has 5 heteroatoms. The monoisotopic (exact) mass is 326 g/mol. The fourth-order valence-corrected chi connectivity index (χ4v) is 3.42. The van der Waals surface area contributed by atoms with Gasteiger partial charge < -0.3 is 14.8 Å². The van der Waals surface area contributed by atoms with Crippen LogP contribution in [0.1, 0.15) is 32.3 Å². The fourth-order valence-electron chi connectivity index (χ4n) is 3.11. The first-order valence-corrected chi connectivity index (χ1v) is 8.51. The first-order chi connectivity index (χ1) is 10.7. The smallest absolute Gasteiger partial charge is 0.179 e. The lowest BCUT2D eigenvalue weighted by atomic mass is 10.1. The first-order valence-electron chi connectivity index (χ1n) is 8.13. The van der Waals surface area contributed by atoms with Crippen molar-refractivity contribution in [1.82, 2.24) is 10.2 Å². The van der Waals surface area contributed by atoms with Crippen LogP contribution < -0.4 is 14.8 Å². The van der Waals surface area contributed by atoms with Gasteiger partial charge in [-0.15, -0.1) is 0 Å². The predicted octanol–water partition coefficient (Wildman–Crippen LogP) is 3.32. The summed E-state index contributed by atoms with van der Waals surface area (Å²) in [5.41, 5.74) is 1.12. The summed E-state index contributed by atoms with van der Waals surface area (Å²) in [6, 6.07) is 4.61. The number of nitrogens with zero attached hydrogens (tertiary/aromatic N) is 1. The molecule has 1 saturated heterocycles. The largest absolute Gasteiger partial charge is 0.491 e. The molecule has 0 aliphatic carbocycles. The zero-order chi connectivity index (χ0) is 15.9. The summed E-state index contributed by atoms with van der Waals surface area (Å²) in [4.78, 5) is 2.54. The number of hydrogen-bond acceptors (Lipinski definition) is 4. The van der Waals surface area contributed by atoms with Crippen LogP contribution in [-0.2, 0) is 6.54 Å². The average molecular weight is 327 g/mol. The van der Waals surface area contributed by atoms with E-state index in [-0.39, 0.29) is 0 Å². The Hall–Kier alpha value is -0.970. The van der Waals surface area contributed by atoms with Crippen LogP contribution in [0.3, 0.4) is 0 Å². The number of likely N-dealkylation sites (tertiary alicyclic amines) is 1. The molecule has 2 rings (SSSR count). The Balaban J connectivity index is 1.95. The molecule has 0 saturated carbocycles. The third kappa shape index (κ3) is 4.28. The number of methoxy groups -OCH3 is 1. The molecule has 0 radical (unpaired) electrons. The number of benzene rings is 1. The summed E-state index contributed by atoms with van der Waals surface area (Å²) in [5, 5.41) is 4.14. The third-order valence-corrected chi connectivity index (χ3v) is 4.47. The van der Waals surface area contributed by atoms with Crippen LogP contribution in [0.15, 0.2) is 12.1 Å². The quantitative estimate of drug-likeness (QED) is 0.794. The topological polar surface area (TPSA) is 33.7 Å². The number of nitrogens with one attached hydrogen (secondary N) is 1. The van der Waals surface area contributed by atoms with E-state index in [4.69, 9.17) is 21.1 Å². The summed E-state index contributed by atoms with van der Waals surface area (Å²) >= 11 is 6.28. The standard InChI is InChI=1S/C17H27ClN2O2/c1-4-20-8-6-7-14(20)12-19-11-13-9-15(18)17(21-3)16(10-13)22-5-2/h9-10,14,19H,4-8,11-12H2,1-3H3/t14-/m0/s1. The zero-order valence-electron chi connectivity index (χ0n) is 13.8. The molecule has 1 aromatic carbocycles. The highest BCUT2D eigenvalue weighted by molar-refractivity contribution is 6.32. The molecular formula is C17H27ClN2O2. The number of likely N-dealkylation sites (N-methyl/N-ethyl adjacent to an activating group) is 1. The molecule has 1 N–H and O–H groups in total. The van der Waals surface area contributed by atoms with E-state index in [1.807, 2.05) is 19.1 Å². The van der Waals surface area contributed by atoms with Crippen molar-refractivity contribution in [3.05, 3.63) is 22.7 Å². The number of hydrogen-bond donors (Lipinski definition) is 1. The second kappa shape index (κ2) is 8.61. The molecule has 1 aromatic rings. The van der Waals surface area contributed by atoms with E-state index in [9.17, 15) is 0 Å². The minimum absolute atomic E-state index is 0.594. The van der Waals surface area contributed by atoms with Gasteiger partial charge in [0.05, 0.1) is 18.7 Å². The van der Waals surface area contributed by atoms with Gasteiger partial charge in [0.25, 0.3) is 0 Å². The Morgan fingerprint density at radius 3 is 2.86 bits per heavy atom. The number of rotatable bonds is 8. The lowest BCUT2D eigenvalue weighted by molar-refractivity contribution is 0.260. The molecular weight excluding hydrogens is 300 g/mol. The van der Waals surface area contributed by atoms with Crippen molar-refractivity contribution >= 4 is 11.6 Å². The van der Waals surface area contributed by atoms with E-state index in [2.05, 4.69) is 17.1 Å². The molecule has 1 atom stereocenters. The molecule has 1 aliphatic rings. The molecule has 0 bridgehead atoms. The second-order valence-electron chi connectivity index (χ2n) is 5.60. The van der Waals surface area contributed by atoms with Gasteiger partial charge in [-0.1, -0.05) is 18.5 Å². The second-order valence-corrected chi connectivity index (χ2v) is 6.00. The normalized spacial score (nSPS) is 18.6. The summed E-state index contributed by atoms with van der Waals surface area (Å²) in [6.45, 7) is 8.95. The third-order valence-electron chi connectivity index (χ3n) is 4.19. The summed E-state index contributed by atoms with van der Waals surface area (Å²) in [5.74, 6) is 1.32. The van der Waals surface area contributed by atoms with Crippen molar-refractivity contribution in [3.8, 4) is 11.5 Å². The lowest BCUT2D eigenvalue weighted by Gasteiger charge is -2.23. The predicted molar refractivity (Wildman–Crippen MR) is 91.1 cm³/mol. The van der Waals surface area contributed by atoms with Crippen LogP contribution in [-0.4, -0.2) is 44.3 Å². The van der Waals surface area contributed by atoms with Gasteiger partial charge in [0.15, 0.2) is 11.5 Å². The Morgan fingerprint density at radius 2 is 2.18 bits per heavy atom. The van der Waals surface area contributed by atoms with Gasteiger partial charge in [-0.2, -0.15) is 0 Å². The Kier molecular flexibility index (Phi) is 6.80. The van der Waals surface area contributed by atoms with Crippen molar-refractivity contribution in [1.29, 1.82) is 0 Å².